The zero-order valence-corrected chi connectivity index (χ0v) is 17.1. The van der Waals surface area contributed by atoms with Crippen LogP contribution in [-0.4, -0.2) is 47.9 Å². The molecule has 6 heteroatoms. The summed E-state index contributed by atoms with van der Waals surface area (Å²) in [5.41, 5.74) is 3.76. The number of carbonyl (C=O) groups is 2. The van der Waals surface area contributed by atoms with Crippen molar-refractivity contribution < 1.29 is 9.59 Å². The van der Waals surface area contributed by atoms with Gasteiger partial charge >= 0.3 is 0 Å². The van der Waals surface area contributed by atoms with Crippen molar-refractivity contribution in [1.29, 1.82) is 0 Å². The summed E-state index contributed by atoms with van der Waals surface area (Å²) in [6.07, 6.45) is 2.49. The number of benzene rings is 2. The summed E-state index contributed by atoms with van der Waals surface area (Å²) in [6, 6.07) is 17.0. The number of likely N-dealkylation sites (tertiary alicyclic amines) is 1. The van der Waals surface area contributed by atoms with Crippen LogP contribution in [0.25, 0.3) is 22.2 Å². The fraction of sp³-hybridized carbons (Fsp3) is 0.292. The molecule has 154 valence electrons. The van der Waals surface area contributed by atoms with Crippen LogP contribution < -0.4 is 10.6 Å². The van der Waals surface area contributed by atoms with Gasteiger partial charge in [-0.25, -0.2) is 4.98 Å². The lowest BCUT2D eigenvalue weighted by Gasteiger charge is -2.15. The molecule has 1 aliphatic heterocycles. The SMILES string of the molecule is CC(=O)Nc1ccc(-c2cc(C(=O)NCCN3CCCC3)c3ccccc3n2)cc1. The highest BCUT2D eigenvalue weighted by Gasteiger charge is 2.15. The summed E-state index contributed by atoms with van der Waals surface area (Å²) < 4.78 is 0. The van der Waals surface area contributed by atoms with Gasteiger partial charge in [0.1, 0.15) is 0 Å². The number of fused-ring (bicyclic) bond motifs is 1. The monoisotopic (exact) mass is 402 g/mol. The molecule has 2 N–H and O–H groups in total. The second-order valence-corrected chi connectivity index (χ2v) is 7.64. The predicted molar refractivity (Wildman–Crippen MR) is 119 cm³/mol. The molecule has 2 heterocycles. The highest BCUT2D eigenvalue weighted by Crippen LogP contribution is 2.26. The molecule has 1 fully saturated rings. The van der Waals surface area contributed by atoms with Crippen molar-refractivity contribution in [3.8, 4) is 11.3 Å². The maximum absolute atomic E-state index is 13.0. The van der Waals surface area contributed by atoms with Crippen LogP contribution in [0.4, 0.5) is 5.69 Å². The maximum atomic E-state index is 13.0. The van der Waals surface area contributed by atoms with Gasteiger partial charge in [0.2, 0.25) is 5.91 Å². The Morgan fingerprint density at radius 1 is 1.03 bits per heavy atom. The van der Waals surface area contributed by atoms with Crippen molar-refractivity contribution in [2.24, 2.45) is 0 Å². The van der Waals surface area contributed by atoms with Crippen LogP contribution in [0, 0.1) is 0 Å². The topological polar surface area (TPSA) is 74.3 Å². The molecule has 1 aliphatic rings. The number of pyridine rings is 1. The van der Waals surface area contributed by atoms with Gasteiger partial charge in [-0.2, -0.15) is 0 Å². The average molecular weight is 402 g/mol. The Morgan fingerprint density at radius 2 is 1.77 bits per heavy atom. The zero-order chi connectivity index (χ0) is 20.9. The first-order valence-corrected chi connectivity index (χ1v) is 10.4. The Labute approximate surface area is 176 Å². The Morgan fingerprint density at radius 3 is 2.50 bits per heavy atom. The van der Waals surface area contributed by atoms with Gasteiger partial charge in [-0.1, -0.05) is 30.3 Å². The van der Waals surface area contributed by atoms with E-state index >= 15 is 0 Å². The third-order valence-electron chi connectivity index (χ3n) is 5.37. The Hall–Kier alpha value is -3.25. The van der Waals surface area contributed by atoms with E-state index in [0.29, 0.717) is 12.1 Å². The normalized spacial score (nSPS) is 14.0. The lowest BCUT2D eigenvalue weighted by Crippen LogP contribution is -2.33. The molecule has 1 saturated heterocycles. The van der Waals surface area contributed by atoms with Crippen molar-refractivity contribution >= 4 is 28.4 Å². The second kappa shape index (κ2) is 9.05. The summed E-state index contributed by atoms with van der Waals surface area (Å²) in [6.45, 7) is 5.23. The molecule has 0 unspecified atom stereocenters. The number of carbonyl (C=O) groups excluding carboxylic acids is 2. The first-order valence-electron chi connectivity index (χ1n) is 10.4. The fourth-order valence-corrected chi connectivity index (χ4v) is 3.87. The number of hydrogen-bond donors (Lipinski definition) is 2. The molecule has 0 bridgehead atoms. The lowest BCUT2D eigenvalue weighted by molar-refractivity contribution is -0.114. The standard InChI is InChI=1S/C24H26N4O2/c1-17(29)26-19-10-8-18(9-11-19)23-16-21(20-6-2-3-7-22(20)27-23)24(30)25-12-15-28-13-4-5-14-28/h2-3,6-11,16H,4-5,12-15H2,1H3,(H,25,30)(H,26,29). The summed E-state index contributed by atoms with van der Waals surface area (Å²) in [5, 5.41) is 6.68. The van der Waals surface area contributed by atoms with Crippen molar-refractivity contribution in [2.75, 3.05) is 31.5 Å². The molecule has 2 aromatic carbocycles. The molecular weight excluding hydrogens is 376 g/mol. The molecule has 30 heavy (non-hydrogen) atoms. The molecule has 2 amide bonds. The number of rotatable bonds is 6. The molecule has 0 radical (unpaired) electrons. The molecular formula is C24H26N4O2. The lowest BCUT2D eigenvalue weighted by atomic mass is 10.0. The Bertz CT molecular complexity index is 1060. The maximum Gasteiger partial charge on any atom is 0.252 e. The van der Waals surface area contributed by atoms with E-state index in [4.69, 9.17) is 4.98 Å². The first-order chi connectivity index (χ1) is 14.6. The van der Waals surface area contributed by atoms with E-state index in [1.807, 2.05) is 54.6 Å². The van der Waals surface area contributed by atoms with Crippen molar-refractivity contribution in [1.82, 2.24) is 15.2 Å². The number of para-hydroxylation sites is 1. The quantitative estimate of drug-likeness (QED) is 0.660. The van der Waals surface area contributed by atoms with Gasteiger partial charge in [0, 0.05) is 36.7 Å². The van der Waals surface area contributed by atoms with E-state index in [1.165, 1.54) is 19.8 Å². The Balaban J connectivity index is 1.58. The van der Waals surface area contributed by atoms with Crippen LogP contribution in [0.15, 0.2) is 54.6 Å². The Kier molecular flexibility index (Phi) is 6.05. The van der Waals surface area contributed by atoms with Gasteiger partial charge in [0.15, 0.2) is 0 Å². The summed E-state index contributed by atoms with van der Waals surface area (Å²) in [4.78, 5) is 31.3. The minimum atomic E-state index is -0.112. The predicted octanol–water partition coefficient (Wildman–Crippen LogP) is 3.69. The fourth-order valence-electron chi connectivity index (χ4n) is 3.87. The van der Waals surface area contributed by atoms with E-state index in [1.54, 1.807) is 0 Å². The molecule has 0 aliphatic carbocycles. The van der Waals surface area contributed by atoms with Crippen LogP contribution in [0.2, 0.25) is 0 Å². The van der Waals surface area contributed by atoms with E-state index in [2.05, 4.69) is 15.5 Å². The number of nitrogens with zero attached hydrogens (tertiary/aromatic N) is 2. The molecule has 1 aromatic heterocycles. The zero-order valence-electron chi connectivity index (χ0n) is 17.1. The van der Waals surface area contributed by atoms with Crippen molar-refractivity contribution in [3.63, 3.8) is 0 Å². The molecule has 6 nitrogen and oxygen atoms in total. The van der Waals surface area contributed by atoms with Crippen molar-refractivity contribution in [3.05, 3.63) is 60.2 Å². The number of aromatic nitrogens is 1. The van der Waals surface area contributed by atoms with Crippen LogP contribution in [0.1, 0.15) is 30.1 Å². The molecule has 0 atom stereocenters. The smallest absolute Gasteiger partial charge is 0.252 e. The summed E-state index contributed by atoms with van der Waals surface area (Å²) in [7, 11) is 0. The van der Waals surface area contributed by atoms with Gasteiger partial charge < -0.3 is 15.5 Å². The number of amides is 2. The van der Waals surface area contributed by atoms with Crippen LogP contribution >= 0.6 is 0 Å². The van der Waals surface area contributed by atoms with E-state index in [0.717, 1.165) is 47.5 Å². The van der Waals surface area contributed by atoms with E-state index in [-0.39, 0.29) is 11.8 Å². The first kappa shape index (κ1) is 20.0. The second-order valence-electron chi connectivity index (χ2n) is 7.64. The van der Waals surface area contributed by atoms with Gasteiger partial charge in [-0.05, 0) is 50.2 Å². The van der Waals surface area contributed by atoms with Crippen LogP contribution in [0.5, 0.6) is 0 Å². The van der Waals surface area contributed by atoms with Crippen LogP contribution in [-0.2, 0) is 4.79 Å². The van der Waals surface area contributed by atoms with Gasteiger partial charge in [0.05, 0.1) is 16.8 Å². The van der Waals surface area contributed by atoms with Gasteiger partial charge in [0.25, 0.3) is 5.91 Å². The highest BCUT2D eigenvalue weighted by atomic mass is 16.2. The van der Waals surface area contributed by atoms with Crippen LogP contribution in [0.3, 0.4) is 0 Å². The van der Waals surface area contributed by atoms with E-state index < -0.39 is 0 Å². The van der Waals surface area contributed by atoms with Crippen molar-refractivity contribution in [2.45, 2.75) is 19.8 Å². The average Bonchev–Trinajstić information content (AvgIpc) is 3.26. The minimum Gasteiger partial charge on any atom is -0.351 e. The molecule has 3 aromatic rings. The minimum absolute atomic E-state index is 0.0797. The molecule has 0 saturated carbocycles. The molecule has 0 spiro atoms. The number of anilines is 1. The van der Waals surface area contributed by atoms with E-state index in [9.17, 15) is 9.59 Å². The summed E-state index contributed by atoms with van der Waals surface area (Å²) in [5.74, 6) is -0.191. The highest BCUT2D eigenvalue weighted by molar-refractivity contribution is 6.07. The van der Waals surface area contributed by atoms with Gasteiger partial charge in [-0.3, -0.25) is 9.59 Å². The third-order valence-corrected chi connectivity index (χ3v) is 5.37. The number of hydrogen-bond acceptors (Lipinski definition) is 4. The van der Waals surface area contributed by atoms with Gasteiger partial charge in [-0.15, -0.1) is 0 Å². The number of nitrogens with one attached hydrogen (secondary N) is 2. The molecule has 4 rings (SSSR count). The third kappa shape index (κ3) is 4.66. The largest absolute Gasteiger partial charge is 0.351 e. The summed E-state index contributed by atoms with van der Waals surface area (Å²) >= 11 is 0.